The number of hydrogen-bond donors (Lipinski definition) is 3. The van der Waals surface area contributed by atoms with Gasteiger partial charge in [-0.1, -0.05) is 19.1 Å². The number of ether oxygens (including phenoxy) is 1. The Morgan fingerprint density at radius 3 is 2.71 bits per heavy atom. The van der Waals surface area contributed by atoms with E-state index in [1.54, 1.807) is 0 Å². The number of aryl methyl sites for hydroxylation is 1. The molecule has 5 heteroatoms. The summed E-state index contributed by atoms with van der Waals surface area (Å²) in [6, 6.07) is 7.38. The fourth-order valence-corrected chi connectivity index (χ4v) is 1.92. The van der Waals surface area contributed by atoms with Gasteiger partial charge in [-0.25, -0.2) is 4.79 Å². The predicted octanol–water partition coefficient (Wildman–Crippen LogP) is 2.16. The Morgan fingerprint density at radius 2 is 2.10 bits per heavy atom. The lowest BCUT2D eigenvalue weighted by atomic mass is 10.1. The molecule has 116 valence electrons. The van der Waals surface area contributed by atoms with Gasteiger partial charge in [-0.2, -0.15) is 0 Å². The summed E-state index contributed by atoms with van der Waals surface area (Å²) in [5.74, 6) is 0.680. The zero-order valence-corrected chi connectivity index (χ0v) is 12.5. The second-order valence-corrected chi connectivity index (χ2v) is 5.52. The van der Waals surface area contributed by atoms with Crippen LogP contribution >= 0.6 is 0 Å². The lowest BCUT2D eigenvalue weighted by Gasteiger charge is -2.13. The van der Waals surface area contributed by atoms with Crippen molar-refractivity contribution in [3.8, 4) is 0 Å². The molecular weight excluding hydrogens is 268 g/mol. The number of rotatable bonds is 8. The van der Waals surface area contributed by atoms with Crippen LogP contribution in [0, 0.1) is 5.92 Å². The molecule has 0 radical (unpaired) electrons. The van der Waals surface area contributed by atoms with Gasteiger partial charge in [-0.05, 0) is 42.9 Å². The van der Waals surface area contributed by atoms with E-state index in [0.717, 1.165) is 12.1 Å². The van der Waals surface area contributed by atoms with Gasteiger partial charge >= 0.3 is 6.03 Å². The lowest BCUT2D eigenvalue weighted by molar-refractivity contribution is 0.0339. The average molecular weight is 292 g/mol. The monoisotopic (exact) mass is 292 g/mol. The molecule has 1 unspecified atom stereocenters. The Bertz CT molecular complexity index is 443. The van der Waals surface area contributed by atoms with Gasteiger partial charge in [0, 0.05) is 18.8 Å². The molecule has 1 aliphatic rings. The Morgan fingerprint density at radius 1 is 1.38 bits per heavy atom. The van der Waals surface area contributed by atoms with Crippen LogP contribution in [0.1, 0.15) is 25.3 Å². The molecule has 1 aromatic carbocycles. The SMILES string of the molecule is CCc1ccc(NC(=O)NCC(O)COCC2CC2)cc1. The van der Waals surface area contributed by atoms with Crippen LogP contribution in [0.15, 0.2) is 24.3 Å². The summed E-state index contributed by atoms with van der Waals surface area (Å²) in [5.41, 5.74) is 1.97. The molecule has 0 aliphatic heterocycles. The minimum Gasteiger partial charge on any atom is -0.389 e. The Hall–Kier alpha value is -1.59. The van der Waals surface area contributed by atoms with Crippen molar-refractivity contribution in [1.82, 2.24) is 5.32 Å². The Labute approximate surface area is 125 Å². The van der Waals surface area contributed by atoms with Crippen LogP contribution in [0.4, 0.5) is 10.5 Å². The minimum absolute atomic E-state index is 0.184. The molecule has 21 heavy (non-hydrogen) atoms. The number of nitrogens with one attached hydrogen (secondary N) is 2. The molecule has 1 atom stereocenters. The maximum atomic E-state index is 11.7. The van der Waals surface area contributed by atoms with Crippen LogP contribution in [0.25, 0.3) is 0 Å². The molecule has 2 rings (SSSR count). The highest BCUT2D eigenvalue weighted by Crippen LogP contribution is 2.28. The molecule has 3 N–H and O–H groups in total. The van der Waals surface area contributed by atoms with Crippen LogP contribution in [0.2, 0.25) is 0 Å². The van der Waals surface area contributed by atoms with Gasteiger partial charge in [-0.15, -0.1) is 0 Å². The number of aliphatic hydroxyl groups excluding tert-OH is 1. The van der Waals surface area contributed by atoms with E-state index in [0.29, 0.717) is 12.5 Å². The van der Waals surface area contributed by atoms with E-state index in [9.17, 15) is 9.90 Å². The first-order chi connectivity index (χ1) is 10.2. The minimum atomic E-state index is -0.669. The van der Waals surface area contributed by atoms with E-state index in [2.05, 4.69) is 17.6 Å². The number of anilines is 1. The molecule has 5 nitrogen and oxygen atoms in total. The van der Waals surface area contributed by atoms with Crippen molar-refractivity contribution in [2.24, 2.45) is 5.92 Å². The summed E-state index contributed by atoms with van der Waals surface area (Å²) in [6.45, 7) is 3.25. The van der Waals surface area contributed by atoms with Crippen LogP contribution in [0.5, 0.6) is 0 Å². The first-order valence-electron chi connectivity index (χ1n) is 7.57. The molecule has 2 amide bonds. The summed E-state index contributed by atoms with van der Waals surface area (Å²) in [4.78, 5) is 11.7. The fraction of sp³-hybridized carbons (Fsp3) is 0.562. The van der Waals surface area contributed by atoms with Gasteiger partial charge < -0.3 is 20.5 Å². The van der Waals surface area contributed by atoms with E-state index < -0.39 is 6.10 Å². The van der Waals surface area contributed by atoms with E-state index in [-0.39, 0.29) is 19.2 Å². The summed E-state index contributed by atoms with van der Waals surface area (Å²) >= 11 is 0. The van der Waals surface area contributed by atoms with Crippen molar-refractivity contribution < 1.29 is 14.6 Å². The van der Waals surface area contributed by atoms with Crippen LogP contribution in [0.3, 0.4) is 0 Å². The molecule has 1 fully saturated rings. The van der Waals surface area contributed by atoms with Crippen molar-refractivity contribution >= 4 is 11.7 Å². The summed E-state index contributed by atoms with van der Waals surface area (Å²) < 4.78 is 5.37. The zero-order valence-electron chi connectivity index (χ0n) is 12.5. The Balaban J connectivity index is 1.61. The molecule has 0 aromatic heterocycles. The van der Waals surface area contributed by atoms with Crippen molar-refractivity contribution in [1.29, 1.82) is 0 Å². The summed E-state index contributed by atoms with van der Waals surface area (Å²) in [5, 5.41) is 15.1. The van der Waals surface area contributed by atoms with Gasteiger partial charge in [0.25, 0.3) is 0 Å². The highest BCUT2D eigenvalue weighted by molar-refractivity contribution is 5.89. The third kappa shape index (κ3) is 6.14. The molecule has 1 aliphatic carbocycles. The van der Waals surface area contributed by atoms with E-state index in [1.807, 2.05) is 24.3 Å². The van der Waals surface area contributed by atoms with Crippen LogP contribution in [-0.2, 0) is 11.2 Å². The molecule has 0 saturated heterocycles. The number of benzene rings is 1. The Kier molecular flexibility index (Phi) is 6.02. The number of urea groups is 1. The quantitative estimate of drug-likeness (QED) is 0.687. The number of amides is 2. The smallest absolute Gasteiger partial charge is 0.319 e. The second kappa shape index (κ2) is 8.00. The molecular formula is C16H24N2O3. The number of aliphatic hydroxyl groups is 1. The summed E-state index contributed by atoms with van der Waals surface area (Å²) in [6.07, 6.45) is 2.76. The van der Waals surface area contributed by atoms with Crippen molar-refractivity contribution in [2.45, 2.75) is 32.3 Å². The van der Waals surface area contributed by atoms with Gasteiger partial charge in [0.2, 0.25) is 0 Å². The number of hydrogen-bond acceptors (Lipinski definition) is 3. The fourth-order valence-electron chi connectivity index (χ4n) is 1.92. The van der Waals surface area contributed by atoms with Gasteiger partial charge in [0.15, 0.2) is 0 Å². The van der Waals surface area contributed by atoms with E-state index >= 15 is 0 Å². The van der Waals surface area contributed by atoms with Crippen molar-refractivity contribution in [2.75, 3.05) is 25.1 Å². The highest BCUT2D eigenvalue weighted by atomic mass is 16.5. The highest BCUT2D eigenvalue weighted by Gasteiger charge is 2.21. The van der Waals surface area contributed by atoms with Gasteiger partial charge in [0.05, 0.1) is 12.7 Å². The molecule has 1 aromatic rings. The van der Waals surface area contributed by atoms with Crippen LogP contribution in [-0.4, -0.2) is 37.0 Å². The third-order valence-electron chi connectivity index (χ3n) is 3.48. The first-order valence-corrected chi connectivity index (χ1v) is 7.57. The van der Waals surface area contributed by atoms with E-state index in [1.165, 1.54) is 18.4 Å². The van der Waals surface area contributed by atoms with Crippen molar-refractivity contribution in [3.05, 3.63) is 29.8 Å². The molecule has 1 saturated carbocycles. The molecule has 0 bridgehead atoms. The standard InChI is InChI=1S/C16H24N2O3/c1-2-12-5-7-14(8-6-12)18-16(20)17-9-15(19)11-21-10-13-3-4-13/h5-8,13,15,19H,2-4,9-11H2,1H3,(H2,17,18,20). The summed E-state index contributed by atoms with van der Waals surface area (Å²) in [7, 11) is 0. The average Bonchev–Trinajstić information content (AvgIpc) is 3.30. The maximum Gasteiger partial charge on any atom is 0.319 e. The van der Waals surface area contributed by atoms with E-state index in [4.69, 9.17) is 4.74 Å². The molecule has 0 heterocycles. The van der Waals surface area contributed by atoms with Gasteiger partial charge in [-0.3, -0.25) is 0 Å². The normalized spacial score (nSPS) is 15.5. The topological polar surface area (TPSA) is 70.6 Å². The largest absolute Gasteiger partial charge is 0.389 e. The van der Waals surface area contributed by atoms with Crippen LogP contribution < -0.4 is 10.6 Å². The lowest BCUT2D eigenvalue weighted by Crippen LogP contribution is -2.37. The van der Waals surface area contributed by atoms with Crippen molar-refractivity contribution in [3.63, 3.8) is 0 Å². The maximum absolute atomic E-state index is 11.7. The van der Waals surface area contributed by atoms with Gasteiger partial charge in [0.1, 0.15) is 0 Å². The second-order valence-electron chi connectivity index (χ2n) is 5.52. The first kappa shape index (κ1) is 15.8. The number of carbonyl (C=O) groups is 1. The number of carbonyl (C=O) groups excluding carboxylic acids is 1. The zero-order chi connectivity index (χ0) is 15.1. The molecule has 0 spiro atoms. The predicted molar refractivity (Wildman–Crippen MR) is 82.4 cm³/mol. The third-order valence-corrected chi connectivity index (χ3v) is 3.48.